The number of carbonyl (C=O) groups excluding carboxylic acids is 2. The topological polar surface area (TPSA) is 136 Å². The first-order valence-electron chi connectivity index (χ1n) is 18.8. The molecule has 0 bridgehead atoms. The quantitative estimate of drug-likeness (QED) is 0.110. The van der Waals surface area contributed by atoms with Gasteiger partial charge in [-0.1, -0.05) is 41.9 Å². The van der Waals surface area contributed by atoms with Crippen LogP contribution in [0.1, 0.15) is 72.4 Å². The van der Waals surface area contributed by atoms with Crippen LogP contribution in [0.2, 0.25) is 5.02 Å². The fourth-order valence-electron chi connectivity index (χ4n) is 7.75. The number of hydrogen-bond acceptors (Lipinski definition) is 9. The Morgan fingerprint density at radius 3 is 2.20 bits per heavy atom. The molecule has 3 atom stereocenters. The molecular formula is C41H44ClF3N6O5. The first kappa shape index (κ1) is 39.3. The van der Waals surface area contributed by atoms with Crippen molar-refractivity contribution in [1.29, 1.82) is 0 Å². The highest BCUT2D eigenvalue weighted by Crippen LogP contribution is 2.45. The molecule has 4 aromatic rings. The summed E-state index contributed by atoms with van der Waals surface area (Å²) >= 11 is 7.13. The van der Waals surface area contributed by atoms with Crippen molar-refractivity contribution >= 4 is 23.4 Å². The van der Waals surface area contributed by atoms with E-state index in [1.807, 2.05) is 42.5 Å². The number of nitrogens with one attached hydrogen (secondary N) is 4. The van der Waals surface area contributed by atoms with Crippen molar-refractivity contribution in [3.8, 4) is 39.9 Å². The van der Waals surface area contributed by atoms with Crippen LogP contribution in [0.5, 0.6) is 17.5 Å². The molecule has 2 fully saturated rings. The van der Waals surface area contributed by atoms with Crippen molar-refractivity contribution < 1.29 is 37.0 Å². The van der Waals surface area contributed by atoms with Gasteiger partial charge in [0, 0.05) is 79.6 Å². The Hall–Kier alpha value is -4.92. The summed E-state index contributed by atoms with van der Waals surface area (Å²) in [6, 6.07) is 14.4. The van der Waals surface area contributed by atoms with Gasteiger partial charge in [0.25, 0.3) is 0 Å². The number of benzene rings is 2. The van der Waals surface area contributed by atoms with Crippen LogP contribution in [0.25, 0.3) is 22.4 Å². The van der Waals surface area contributed by atoms with E-state index >= 15 is 0 Å². The normalized spacial score (nSPS) is 19.4. The minimum absolute atomic E-state index is 0.0248. The van der Waals surface area contributed by atoms with Crippen molar-refractivity contribution in [1.82, 2.24) is 31.2 Å². The molecule has 15 heteroatoms. The van der Waals surface area contributed by atoms with E-state index in [0.717, 1.165) is 45.9 Å². The molecule has 4 N–H and O–H groups in total. The van der Waals surface area contributed by atoms with Crippen LogP contribution < -0.4 is 35.5 Å². The fourth-order valence-corrected chi connectivity index (χ4v) is 8.07. The summed E-state index contributed by atoms with van der Waals surface area (Å²) in [5, 5.41) is 12.7. The van der Waals surface area contributed by atoms with E-state index in [0.29, 0.717) is 74.6 Å². The number of halogens is 4. The Labute approximate surface area is 328 Å². The van der Waals surface area contributed by atoms with Gasteiger partial charge in [-0.15, -0.1) is 0 Å². The maximum absolute atomic E-state index is 14.6. The van der Waals surface area contributed by atoms with Crippen molar-refractivity contribution in [3.63, 3.8) is 0 Å². The molecule has 0 spiro atoms. The van der Waals surface area contributed by atoms with Crippen LogP contribution in [-0.2, 0) is 35.3 Å². The highest BCUT2D eigenvalue weighted by molar-refractivity contribution is 6.35. The molecule has 2 amide bonds. The van der Waals surface area contributed by atoms with Gasteiger partial charge in [0.1, 0.15) is 17.4 Å². The van der Waals surface area contributed by atoms with E-state index in [2.05, 4.69) is 31.2 Å². The molecule has 3 aliphatic rings. The second kappa shape index (κ2) is 17.1. The lowest BCUT2D eigenvalue weighted by atomic mass is 9.84. The second-order valence-corrected chi connectivity index (χ2v) is 14.7. The average Bonchev–Trinajstić information content (AvgIpc) is 3.81. The first-order valence-corrected chi connectivity index (χ1v) is 19.2. The SMILES string of the molecule is COc1cc(-c2nccc(-c3cccc4c3CCC[C@H]4Oc3nc(OC)c(CNC[C@H]4CCC(=O)N4)cc3C(F)(F)F)c2Cl)ccc1CNC[C@@H]1CCC(=O)N1. The minimum Gasteiger partial charge on any atom is -0.496 e. The molecule has 296 valence electrons. The van der Waals surface area contributed by atoms with Crippen molar-refractivity contribution in [2.24, 2.45) is 0 Å². The standard InChI is InChI=1S/C41H44ClF3N6O5/c1-54-34-18-23(9-10-24(34)19-46-21-26-11-13-35(52)49-26)38-37(42)31(15-16-48-38)29-5-3-7-30-28(29)6-4-8-33(30)56-40-32(41(43,44)45)17-25(39(51-40)55-2)20-47-22-27-12-14-36(53)50-27/h3,5,7,9-10,15-18,26-27,33,46-47H,4,6,8,11-14,19-22H2,1-2H3,(H,49,52)(H,50,53)/t26-,27+,33+/m0/s1. The summed E-state index contributed by atoms with van der Waals surface area (Å²) in [5.74, 6) is 0.177. The van der Waals surface area contributed by atoms with Crippen LogP contribution in [0, 0.1) is 0 Å². The summed E-state index contributed by atoms with van der Waals surface area (Å²) in [6.45, 7) is 1.67. The number of fused-ring (bicyclic) bond motifs is 1. The number of methoxy groups -OCH3 is 2. The third-order valence-electron chi connectivity index (χ3n) is 10.6. The van der Waals surface area contributed by atoms with Crippen molar-refractivity contribution in [2.75, 3.05) is 27.3 Å². The maximum atomic E-state index is 14.6. The highest BCUT2D eigenvalue weighted by Gasteiger charge is 2.38. The van der Waals surface area contributed by atoms with Gasteiger partial charge in [-0.2, -0.15) is 18.2 Å². The Balaban J connectivity index is 1.12. The molecule has 0 unspecified atom stereocenters. The van der Waals surface area contributed by atoms with E-state index in [4.69, 9.17) is 25.8 Å². The number of carbonyl (C=O) groups is 2. The molecule has 1 aliphatic carbocycles. The number of hydrogen-bond donors (Lipinski definition) is 4. The summed E-state index contributed by atoms with van der Waals surface area (Å²) < 4.78 is 61.0. The average molecular weight is 793 g/mol. The Morgan fingerprint density at radius 2 is 1.55 bits per heavy atom. The van der Waals surface area contributed by atoms with E-state index in [1.54, 1.807) is 13.3 Å². The van der Waals surface area contributed by atoms with Crippen molar-refractivity contribution in [3.05, 3.63) is 87.6 Å². The van der Waals surface area contributed by atoms with Gasteiger partial charge in [-0.3, -0.25) is 14.6 Å². The number of pyridine rings is 2. The lowest BCUT2D eigenvalue weighted by Crippen LogP contribution is -2.35. The van der Waals surface area contributed by atoms with E-state index in [-0.39, 0.29) is 41.9 Å². The lowest BCUT2D eigenvalue weighted by molar-refractivity contribution is -0.140. The Bertz CT molecular complexity index is 2100. The van der Waals surface area contributed by atoms with Crippen molar-refractivity contribution in [2.45, 2.75) is 82.4 Å². The number of nitrogens with zero attached hydrogens (tertiary/aromatic N) is 2. The second-order valence-electron chi connectivity index (χ2n) is 14.3. The van der Waals surface area contributed by atoms with E-state index < -0.39 is 23.7 Å². The first-order chi connectivity index (χ1) is 27.0. The summed E-state index contributed by atoms with van der Waals surface area (Å²) in [5.41, 5.74) is 4.77. The number of aromatic nitrogens is 2. The molecule has 2 saturated heterocycles. The molecule has 11 nitrogen and oxygen atoms in total. The van der Waals surface area contributed by atoms with Gasteiger partial charge in [0.2, 0.25) is 23.6 Å². The summed E-state index contributed by atoms with van der Waals surface area (Å²) in [7, 11) is 2.97. The predicted octanol–water partition coefficient (Wildman–Crippen LogP) is 6.69. The van der Waals surface area contributed by atoms with Gasteiger partial charge in [0.05, 0.1) is 24.9 Å². The van der Waals surface area contributed by atoms with Gasteiger partial charge in [-0.25, -0.2) is 0 Å². The third kappa shape index (κ3) is 8.72. The summed E-state index contributed by atoms with van der Waals surface area (Å²) in [6.07, 6.45) is 0.519. The fraction of sp³-hybridized carbons (Fsp3) is 0.415. The molecule has 0 saturated carbocycles. The molecule has 2 aromatic heterocycles. The monoisotopic (exact) mass is 792 g/mol. The number of amides is 2. The highest BCUT2D eigenvalue weighted by atomic mass is 35.5. The molecule has 2 aliphatic heterocycles. The van der Waals surface area contributed by atoms with Crippen LogP contribution in [0.4, 0.5) is 13.2 Å². The van der Waals surface area contributed by atoms with Gasteiger partial charge < -0.3 is 35.5 Å². The zero-order valence-corrected chi connectivity index (χ0v) is 31.9. The number of ether oxygens (including phenoxy) is 3. The zero-order valence-electron chi connectivity index (χ0n) is 31.2. The van der Waals surface area contributed by atoms with Crippen LogP contribution in [0.3, 0.4) is 0 Å². The zero-order chi connectivity index (χ0) is 39.4. The lowest BCUT2D eigenvalue weighted by Gasteiger charge is -2.29. The molecule has 4 heterocycles. The van der Waals surface area contributed by atoms with Crippen LogP contribution in [0.15, 0.2) is 54.7 Å². The molecule has 0 radical (unpaired) electrons. The predicted molar refractivity (Wildman–Crippen MR) is 205 cm³/mol. The largest absolute Gasteiger partial charge is 0.496 e. The van der Waals surface area contributed by atoms with Crippen LogP contribution >= 0.6 is 11.6 Å². The molecule has 2 aromatic carbocycles. The maximum Gasteiger partial charge on any atom is 0.421 e. The number of rotatable bonds is 14. The Morgan fingerprint density at radius 1 is 0.839 bits per heavy atom. The summed E-state index contributed by atoms with van der Waals surface area (Å²) in [4.78, 5) is 32.0. The van der Waals surface area contributed by atoms with Crippen LogP contribution in [-0.4, -0.2) is 61.2 Å². The smallest absolute Gasteiger partial charge is 0.421 e. The molecule has 7 rings (SSSR count). The van der Waals surface area contributed by atoms with Gasteiger partial charge >= 0.3 is 6.18 Å². The van der Waals surface area contributed by atoms with E-state index in [1.165, 1.54) is 7.11 Å². The Kier molecular flexibility index (Phi) is 12.0. The minimum atomic E-state index is -4.74. The third-order valence-corrected chi connectivity index (χ3v) is 10.9. The van der Waals surface area contributed by atoms with E-state index in [9.17, 15) is 22.8 Å². The molecule has 56 heavy (non-hydrogen) atoms. The molecular weight excluding hydrogens is 749 g/mol. The van der Waals surface area contributed by atoms with Gasteiger partial charge in [-0.05, 0) is 67.0 Å². The van der Waals surface area contributed by atoms with Gasteiger partial charge in [0.15, 0.2) is 0 Å². The number of alkyl halides is 3.